The summed E-state index contributed by atoms with van der Waals surface area (Å²) in [6.07, 6.45) is 0.998. The number of rotatable bonds is 6. The first-order valence-corrected chi connectivity index (χ1v) is 7.90. The molecular weight excluding hydrogens is 267 g/mol. The van der Waals surface area contributed by atoms with E-state index in [-0.39, 0.29) is 18.5 Å². The number of halogens is 1. The van der Waals surface area contributed by atoms with E-state index in [4.69, 9.17) is 0 Å². The third kappa shape index (κ3) is 3.74. The van der Waals surface area contributed by atoms with Crippen molar-refractivity contribution in [1.82, 2.24) is 5.32 Å². The molecule has 1 aliphatic rings. The number of para-hydroxylation sites is 1. The normalized spacial score (nSPS) is 22.3. The molecule has 0 saturated carbocycles. The molecule has 1 aliphatic heterocycles. The molecule has 0 spiro atoms. The van der Waals surface area contributed by atoms with Crippen LogP contribution in [0.1, 0.15) is 32.8 Å². The summed E-state index contributed by atoms with van der Waals surface area (Å²) in [5.74, 6) is 0.775. The summed E-state index contributed by atoms with van der Waals surface area (Å²) in [7, 11) is 0. The lowest BCUT2D eigenvalue weighted by Crippen LogP contribution is -2.36. The monoisotopic (exact) mass is 294 g/mol. The number of hydrogen-bond acceptors (Lipinski definition) is 3. The van der Waals surface area contributed by atoms with Crippen molar-refractivity contribution in [3.8, 4) is 0 Å². The molecule has 2 atom stereocenters. The average Bonchev–Trinajstić information content (AvgIpc) is 2.79. The van der Waals surface area contributed by atoms with Crippen molar-refractivity contribution in [1.29, 1.82) is 0 Å². The van der Waals surface area contributed by atoms with Gasteiger partial charge in [0.1, 0.15) is 5.82 Å². The summed E-state index contributed by atoms with van der Waals surface area (Å²) >= 11 is 0. The van der Waals surface area contributed by atoms with E-state index in [0.717, 1.165) is 25.1 Å². The molecule has 2 N–H and O–H groups in total. The van der Waals surface area contributed by atoms with Crippen LogP contribution in [0.15, 0.2) is 18.2 Å². The van der Waals surface area contributed by atoms with Gasteiger partial charge >= 0.3 is 0 Å². The van der Waals surface area contributed by atoms with Gasteiger partial charge in [0.2, 0.25) is 0 Å². The van der Waals surface area contributed by atoms with Gasteiger partial charge in [-0.3, -0.25) is 0 Å². The molecule has 0 amide bonds. The van der Waals surface area contributed by atoms with Crippen LogP contribution in [0.3, 0.4) is 0 Å². The quantitative estimate of drug-likeness (QED) is 0.847. The van der Waals surface area contributed by atoms with E-state index in [1.54, 1.807) is 6.07 Å². The Hall–Kier alpha value is -1.13. The maximum atomic E-state index is 14.4. The summed E-state index contributed by atoms with van der Waals surface area (Å²) in [6, 6.07) is 5.27. The molecular formula is C17H27FN2O. The number of aliphatic hydroxyl groups excluding tert-OH is 1. The lowest BCUT2D eigenvalue weighted by molar-refractivity contribution is 0.244. The van der Waals surface area contributed by atoms with Gasteiger partial charge in [-0.25, -0.2) is 4.39 Å². The highest BCUT2D eigenvalue weighted by atomic mass is 19.1. The Morgan fingerprint density at radius 3 is 2.86 bits per heavy atom. The van der Waals surface area contributed by atoms with Gasteiger partial charge in [0.25, 0.3) is 0 Å². The summed E-state index contributed by atoms with van der Waals surface area (Å²) in [5.41, 5.74) is 1.64. The van der Waals surface area contributed by atoms with Gasteiger partial charge in [0.15, 0.2) is 0 Å². The minimum atomic E-state index is -0.189. The highest BCUT2D eigenvalue weighted by Crippen LogP contribution is 2.33. The second-order valence-corrected chi connectivity index (χ2v) is 6.48. The number of hydrogen-bond donors (Lipinski definition) is 2. The van der Waals surface area contributed by atoms with Gasteiger partial charge in [-0.05, 0) is 36.4 Å². The molecule has 118 valence electrons. The van der Waals surface area contributed by atoms with E-state index in [0.29, 0.717) is 24.1 Å². The molecule has 4 heteroatoms. The predicted octanol–water partition coefficient (Wildman–Crippen LogP) is 2.78. The molecule has 1 fully saturated rings. The van der Waals surface area contributed by atoms with Crippen molar-refractivity contribution < 1.29 is 9.50 Å². The Morgan fingerprint density at radius 2 is 2.19 bits per heavy atom. The van der Waals surface area contributed by atoms with E-state index in [1.165, 1.54) is 6.07 Å². The maximum Gasteiger partial charge on any atom is 0.146 e. The zero-order valence-electron chi connectivity index (χ0n) is 13.3. The zero-order chi connectivity index (χ0) is 15.4. The van der Waals surface area contributed by atoms with E-state index in [1.807, 2.05) is 11.0 Å². The van der Waals surface area contributed by atoms with Crippen molar-refractivity contribution >= 4 is 5.69 Å². The van der Waals surface area contributed by atoms with Crippen LogP contribution in [0.2, 0.25) is 0 Å². The standard InChI is InChI=1S/C17H27FN2O/c1-12(2)9-19-10-14-5-4-6-15(18)17(14)20-8-7-13(3)16(20)11-21/h4-6,12-13,16,19,21H,7-11H2,1-3H3. The van der Waals surface area contributed by atoms with Crippen LogP contribution in [0.5, 0.6) is 0 Å². The van der Waals surface area contributed by atoms with Gasteiger partial charge in [0.05, 0.1) is 18.3 Å². The number of anilines is 1. The largest absolute Gasteiger partial charge is 0.394 e. The molecule has 1 heterocycles. The Labute approximate surface area is 127 Å². The summed E-state index contributed by atoms with van der Waals surface area (Å²) in [5, 5.41) is 13.0. The van der Waals surface area contributed by atoms with Crippen molar-refractivity contribution in [2.45, 2.75) is 39.8 Å². The zero-order valence-corrected chi connectivity index (χ0v) is 13.3. The molecule has 1 aromatic rings. The van der Waals surface area contributed by atoms with Gasteiger partial charge in [0, 0.05) is 13.1 Å². The van der Waals surface area contributed by atoms with Crippen molar-refractivity contribution in [2.75, 3.05) is 24.6 Å². The fraction of sp³-hybridized carbons (Fsp3) is 0.647. The SMILES string of the molecule is CC(C)CNCc1cccc(F)c1N1CCC(C)C1CO. The second-order valence-electron chi connectivity index (χ2n) is 6.48. The fourth-order valence-corrected chi connectivity index (χ4v) is 3.08. The lowest BCUT2D eigenvalue weighted by atomic mass is 10.0. The van der Waals surface area contributed by atoms with Crippen LogP contribution in [0, 0.1) is 17.7 Å². The van der Waals surface area contributed by atoms with Crippen LogP contribution >= 0.6 is 0 Å². The number of aliphatic hydroxyl groups is 1. The first-order valence-electron chi connectivity index (χ1n) is 7.90. The van der Waals surface area contributed by atoms with E-state index in [2.05, 4.69) is 26.1 Å². The van der Waals surface area contributed by atoms with Gasteiger partial charge in [-0.2, -0.15) is 0 Å². The van der Waals surface area contributed by atoms with Crippen LogP contribution in [0.4, 0.5) is 10.1 Å². The van der Waals surface area contributed by atoms with Crippen molar-refractivity contribution in [3.63, 3.8) is 0 Å². The molecule has 0 bridgehead atoms. The van der Waals surface area contributed by atoms with E-state index in [9.17, 15) is 9.50 Å². The Balaban J connectivity index is 2.21. The third-order valence-electron chi connectivity index (χ3n) is 4.30. The number of benzene rings is 1. The predicted molar refractivity (Wildman–Crippen MR) is 84.9 cm³/mol. The minimum absolute atomic E-state index is 0.0192. The van der Waals surface area contributed by atoms with Crippen LogP contribution < -0.4 is 10.2 Å². The summed E-state index contributed by atoms with van der Waals surface area (Å²) in [4.78, 5) is 2.05. The van der Waals surface area contributed by atoms with Crippen LogP contribution in [0.25, 0.3) is 0 Å². The fourth-order valence-electron chi connectivity index (χ4n) is 3.08. The number of nitrogens with zero attached hydrogens (tertiary/aromatic N) is 1. The van der Waals surface area contributed by atoms with Gasteiger partial charge in [-0.15, -0.1) is 0 Å². The smallest absolute Gasteiger partial charge is 0.146 e. The second kappa shape index (κ2) is 7.23. The highest BCUT2D eigenvalue weighted by Gasteiger charge is 2.33. The molecule has 0 aliphatic carbocycles. The average molecular weight is 294 g/mol. The molecule has 21 heavy (non-hydrogen) atoms. The molecule has 3 nitrogen and oxygen atoms in total. The molecule has 2 unspecified atom stereocenters. The highest BCUT2D eigenvalue weighted by molar-refractivity contribution is 5.56. The lowest BCUT2D eigenvalue weighted by Gasteiger charge is -2.29. The van der Waals surface area contributed by atoms with Crippen LogP contribution in [-0.4, -0.2) is 30.8 Å². The van der Waals surface area contributed by atoms with E-state index >= 15 is 0 Å². The number of nitrogens with one attached hydrogen (secondary N) is 1. The molecule has 0 aromatic heterocycles. The van der Waals surface area contributed by atoms with E-state index < -0.39 is 0 Å². The first-order chi connectivity index (χ1) is 10.0. The molecule has 2 rings (SSSR count). The molecule has 1 aromatic carbocycles. The minimum Gasteiger partial charge on any atom is -0.394 e. The molecule has 1 saturated heterocycles. The Kier molecular flexibility index (Phi) is 5.59. The Bertz CT molecular complexity index is 464. The maximum absolute atomic E-state index is 14.4. The topological polar surface area (TPSA) is 35.5 Å². The third-order valence-corrected chi connectivity index (χ3v) is 4.30. The van der Waals surface area contributed by atoms with Crippen LogP contribution in [-0.2, 0) is 6.54 Å². The summed E-state index contributed by atoms with van der Waals surface area (Å²) in [6.45, 7) is 8.90. The Morgan fingerprint density at radius 1 is 1.43 bits per heavy atom. The van der Waals surface area contributed by atoms with Gasteiger partial charge < -0.3 is 15.3 Å². The van der Waals surface area contributed by atoms with Crippen molar-refractivity contribution in [2.24, 2.45) is 11.8 Å². The van der Waals surface area contributed by atoms with Gasteiger partial charge in [-0.1, -0.05) is 32.9 Å². The first kappa shape index (κ1) is 16.2. The summed E-state index contributed by atoms with van der Waals surface area (Å²) < 4.78 is 14.4. The molecule has 0 radical (unpaired) electrons. The van der Waals surface area contributed by atoms with Crippen molar-refractivity contribution in [3.05, 3.63) is 29.6 Å².